The number of hydrogen-bond acceptors (Lipinski definition) is 2. The number of hydrogen-bond donors (Lipinski definition) is 0. The third-order valence-electron chi connectivity index (χ3n) is 1.66. The molecular formula is C11H12OS. The van der Waals surface area contributed by atoms with Gasteiger partial charge in [0.15, 0.2) is 0 Å². The fraction of sp³-hybridized carbons (Fsp3) is 0.182. The molecule has 0 unspecified atom stereocenters. The van der Waals surface area contributed by atoms with Crippen molar-refractivity contribution >= 4 is 23.0 Å². The molecule has 68 valence electrons. The lowest BCUT2D eigenvalue weighted by Gasteiger charge is -1.94. The summed E-state index contributed by atoms with van der Waals surface area (Å²) in [5.74, 6) is 0. The predicted octanol–water partition coefficient (Wildman–Crippen LogP) is 2.90. The smallest absolute Gasteiger partial charge is 0.211 e. The SMILES string of the molecule is CSC(=O)/C=C/c1cccc(C)c1. The maximum Gasteiger partial charge on any atom is 0.211 e. The zero-order chi connectivity index (χ0) is 9.68. The lowest BCUT2D eigenvalue weighted by molar-refractivity contribution is -0.106. The summed E-state index contributed by atoms with van der Waals surface area (Å²) < 4.78 is 0. The van der Waals surface area contributed by atoms with Crippen LogP contribution in [0.2, 0.25) is 0 Å². The van der Waals surface area contributed by atoms with Crippen LogP contribution < -0.4 is 0 Å². The highest BCUT2D eigenvalue weighted by Gasteiger charge is 1.91. The van der Waals surface area contributed by atoms with E-state index in [9.17, 15) is 4.79 Å². The molecule has 0 N–H and O–H groups in total. The molecule has 0 amide bonds. The molecule has 0 atom stereocenters. The summed E-state index contributed by atoms with van der Waals surface area (Å²) in [6, 6.07) is 8.05. The third kappa shape index (κ3) is 3.47. The van der Waals surface area contributed by atoms with Crippen molar-refractivity contribution < 1.29 is 4.79 Å². The van der Waals surface area contributed by atoms with Gasteiger partial charge in [-0.15, -0.1) is 0 Å². The van der Waals surface area contributed by atoms with E-state index in [1.807, 2.05) is 37.3 Å². The molecule has 0 aromatic heterocycles. The van der Waals surface area contributed by atoms with Gasteiger partial charge in [-0.3, -0.25) is 4.79 Å². The van der Waals surface area contributed by atoms with Crippen molar-refractivity contribution in [3.8, 4) is 0 Å². The van der Waals surface area contributed by atoms with E-state index in [2.05, 4.69) is 0 Å². The van der Waals surface area contributed by atoms with Crippen molar-refractivity contribution in [2.24, 2.45) is 0 Å². The summed E-state index contributed by atoms with van der Waals surface area (Å²) in [6.45, 7) is 2.04. The van der Waals surface area contributed by atoms with E-state index in [1.165, 1.54) is 17.3 Å². The average molecular weight is 192 g/mol. The van der Waals surface area contributed by atoms with E-state index in [4.69, 9.17) is 0 Å². The van der Waals surface area contributed by atoms with Crippen molar-refractivity contribution in [2.45, 2.75) is 6.92 Å². The molecule has 0 radical (unpaired) electrons. The first-order valence-electron chi connectivity index (χ1n) is 4.05. The molecule has 1 rings (SSSR count). The molecule has 0 spiro atoms. The lowest BCUT2D eigenvalue weighted by atomic mass is 10.1. The van der Waals surface area contributed by atoms with Crippen molar-refractivity contribution in [2.75, 3.05) is 6.26 Å². The summed E-state index contributed by atoms with van der Waals surface area (Å²) in [4.78, 5) is 10.9. The highest BCUT2D eigenvalue weighted by Crippen LogP contribution is 2.07. The quantitative estimate of drug-likeness (QED) is 0.670. The molecule has 0 saturated heterocycles. The maximum absolute atomic E-state index is 10.9. The second kappa shape index (κ2) is 4.87. The Hall–Kier alpha value is -1.02. The van der Waals surface area contributed by atoms with Gasteiger partial charge in [0.05, 0.1) is 0 Å². The van der Waals surface area contributed by atoms with Gasteiger partial charge >= 0.3 is 0 Å². The van der Waals surface area contributed by atoms with Crippen LogP contribution in [0, 0.1) is 6.92 Å². The van der Waals surface area contributed by atoms with Crippen molar-refractivity contribution in [3.63, 3.8) is 0 Å². The average Bonchev–Trinajstić information content (AvgIpc) is 2.14. The zero-order valence-electron chi connectivity index (χ0n) is 7.78. The Morgan fingerprint density at radius 1 is 1.46 bits per heavy atom. The molecule has 0 aliphatic carbocycles. The zero-order valence-corrected chi connectivity index (χ0v) is 8.60. The predicted molar refractivity (Wildman–Crippen MR) is 58.7 cm³/mol. The minimum atomic E-state index is 0.0847. The van der Waals surface area contributed by atoms with Gasteiger partial charge in [0.2, 0.25) is 5.12 Å². The van der Waals surface area contributed by atoms with Gasteiger partial charge in [-0.2, -0.15) is 0 Å². The van der Waals surface area contributed by atoms with E-state index in [-0.39, 0.29) is 5.12 Å². The van der Waals surface area contributed by atoms with Gasteiger partial charge < -0.3 is 0 Å². The van der Waals surface area contributed by atoms with Crippen molar-refractivity contribution in [1.82, 2.24) is 0 Å². The fourth-order valence-electron chi connectivity index (χ4n) is 1.01. The minimum Gasteiger partial charge on any atom is -0.282 e. The molecule has 0 fully saturated rings. The first-order valence-corrected chi connectivity index (χ1v) is 5.27. The summed E-state index contributed by atoms with van der Waals surface area (Å²) in [7, 11) is 0. The number of aryl methyl sites for hydroxylation is 1. The Bertz CT molecular complexity index is 329. The topological polar surface area (TPSA) is 17.1 Å². The van der Waals surface area contributed by atoms with E-state index < -0.39 is 0 Å². The molecule has 1 aromatic carbocycles. The van der Waals surface area contributed by atoms with Gasteiger partial charge in [0.1, 0.15) is 0 Å². The van der Waals surface area contributed by atoms with Gasteiger partial charge in [0, 0.05) is 0 Å². The molecule has 1 aromatic rings. The number of carbonyl (C=O) groups excluding carboxylic acids is 1. The Balaban J connectivity index is 2.74. The Morgan fingerprint density at radius 2 is 2.23 bits per heavy atom. The molecular weight excluding hydrogens is 180 g/mol. The maximum atomic E-state index is 10.9. The second-order valence-corrected chi connectivity index (χ2v) is 3.58. The molecule has 2 heteroatoms. The van der Waals surface area contributed by atoms with Crippen LogP contribution in [0.1, 0.15) is 11.1 Å². The van der Waals surface area contributed by atoms with Gasteiger partial charge in [-0.25, -0.2) is 0 Å². The Labute approximate surface area is 82.9 Å². The van der Waals surface area contributed by atoms with Crippen molar-refractivity contribution in [3.05, 3.63) is 41.5 Å². The number of rotatable bonds is 2. The largest absolute Gasteiger partial charge is 0.282 e. The first kappa shape index (κ1) is 10.1. The standard InChI is InChI=1S/C11H12OS/c1-9-4-3-5-10(8-9)6-7-11(12)13-2/h3-8H,1-2H3/b7-6+. The molecule has 13 heavy (non-hydrogen) atoms. The molecule has 1 nitrogen and oxygen atoms in total. The molecule has 0 saturated carbocycles. The molecule has 0 heterocycles. The number of carbonyl (C=O) groups is 1. The van der Waals surface area contributed by atoms with Crippen LogP contribution in [-0.4, -0.2) is 11.4 Å². The van der Waals surface area contributed by atoms with Crippen LogP contribution in [0.5, 0.6) is 0 Å². The van der Waals surface area contributed by atoms with E-state index in [0.717, 1.165) is 5.56 Å². The van der Waals surface area contributed by atoms with Crippen LogP contribution in [0.25, 0.3) is 6.08 Å². The highest BCUT2D eigenvalue weighted by atomic mass is 32.2. The highest BCUT2D eigenvalue weighted by molar-refractivity contribution is 8.13. The Kier molecular flexibility index (Phi) is 3.77. The third-order valence-corrected chi connectivity index (χ3v) is 2.19. The summed E-state index contributed by atoms with van der Waals surface area (Å²) in [5, 5.41) is 0.0847. The van der Waals surface area contributed by atoms with E-state index >= 15 is 0 Å². The second-order valence-electron chi connectivity index (χ2n) is 2.77. The van der Waals surface area contributed by atoms with E-state index in [0.29, 0.717) is 0 Å². The van der Waals surface area contributed by atoms with Crippen LogP contribution in [0.3, 0.4) is 0 Å². The summed E-state index contributed by atoms with van der Waals surface area (Å²) in [5.41, 5.74) is 2.28. The molecule has 0 aliphatic heterocycles. The lowest BCUT2D eigenvalue weighted by Crippen LogP contribution is -1.81. The monoisotopic (exact) mass is 192 g/mol. The van der Waals surface area contributed by atoms with Crippen LogP contribution in [-0.2, 0) is 4.79 Å². The normalized spacial score (nSPS) is 10.6. The molecule has 0 bridgehead atoms. The van der Waals surface area contributed by atoms with Gasteiger partial charge in [-0.1, -0.05) is 47.7 Å². The number of benzene rings is 1. The summed E-state index contributed by atoms with van der Waals surface area (Å²) in [6.07, 6.45) is 5.22. The van der Waals surface area contributed by atoms with Crippen LogP contribution >= 0.6 is 11.8 Å². The van der Waals surface area contributed by atoms with Gasteiger partial charge in [-0.05, 0) is 24.8 Å². The van der Waals surface area contributed by atoms with E-state index in [1.54, 1.807) is 12.3 Å². The van der Waals surface area contributed by atoms with Crippen LogP contribution in [0.4, 0.5) is 0 Å². The van der Waals surface area contributed by atoms with Crippen LogP contribution in [0.15, 0.2) is 30.3 Å². The van der Waals surface area contributed by atoms with Crippen molar-refractivity contribution in [1.29, 1.82) is 0 Å². The van der Waals surface area contributed by atoms with Gasteiger partial charge in [0.25, 0.3) is 0 Å². The number of thioether (sulfide) groups is 1. The minimum absolute atomic E-state index is 0.0847. The summed E-state index contributed by atoms with van der Waals surface area (Å²) >= 11 is 1.22. The molecule has 0 aliphatic rings. The first-order chi connectivity index (χ1) is 6.22. The Morgan fingerprint density at radius 3 is 2.85 bits per heavy atom. The fourth-order valence-corrected chi connectivity index (χ4v) is 1.21.